The first kappa shape index (κ1) is 14.6. The summed E-state index contributed by atoms with van der Waals surface area (Å²) < 4.78 is 5.56. The number of carbonyl (C=O) groups is 1. The Labute approximate surface area is 115 Å². The first-order chi connectivity index (χ1) is 8.80. The first-order valence-electron chi connectivity index (χ1n) is 7.09. The third-order valence-electron chi connectivity index (χ3n) is 5.26. The minimum Gasteiger partial charge on any atom is -0.391 e. The maximum Gasteiger partial charge on any atom is 0.317 e. The highest BCUT2D eigenvalue weighted by Gasteiger charge is 2.58. The molecule has 19 heavy (non-hydrogen) atoms. The van der Waals surface area contributed by atoms with Gasteiger partial charge in [-0.05, 0) is 26.2 Å². The molecule has 2 amide bonds. The number of piperidine rings is 1. The van der Waals surface area contributed by atoms with Gasteiger partial charge in [0.2, 0.25) is 0 Å². The average molecular weight is 270 g/mol. The maximum absolute atomic E-state index is 12.2. The maximum atomic E-state index is 12.2. The number of hydrogen-bond acceptors (Lipinski definition) is 3. The van der Waals surface area contributed by atoms with E-state index in [1.165, 1.54) is 0 Å². The van der Waals surface area contributed by atoms with Crippen molar-refractivity contribution in [2.75, 3.05) is 20.2 Å². The number of aliphatic hydroxyl groups excluding tert-OH is 1. The van der Waals surface area contributed by atoms with Crippen LogP contribution < -0.4 is 5.32 Å². The largest absolute Gasteiger partial charge is 0.391 e. The lowest BCUT2D eigenvalue weighted by atomic mass is 9.56. The standard InChI is InChI=1S/C14H26N2O3/c1-13(2)11(8-14(13,3)19-4)15-12(18)16-7-5-6-10(17)9-16/h10-11,17H,5-9H2,1-4H3,(H,15,18). The van der Waals surface area contributed by atoms with E-state index in [-0.39, 0.29) is 29.2 Å². The second-order valence-electron chi connectivity index (χ2n) is 6.60. The fraction of sp³-hybridized carbons (Fsp3) is 0.929. The summed E-state index contributed by atoms with van der Waals surface area (Å²) in [4.78, 5) is 13.9. The van der Waals surface area contributed by atoms with Gasteiger partial charge in [-0.25, -0.2) is 4.79 Å². The summed E-state index contributed by atoms with van der Waals surface area (Å²) in [7, 11) is 1.72. The van der Waals surface area contributed by atoms with Crippen molar-refractivity contribution in [2.45, 2.75) is 57.8 Å². The van der Waals surface area contributed by atoms with Crippen molar-refractivity contribution in [2.24, 2.45) is 5.41 Å². The van der Waals surface area contributed by atoms with Crippen LogP contribution in [-0.2, 0) is 4.74 Å². The zero-order valence-electron chi connectivity index (χ0n) is 12.4. The Morgan fingerprint density at radius 2 is 2.11 bits per heavy atom. The molecule has 1 saturated carbocycles. The van der Waals surface area contributed by atoms with E-state index in [1.54, 1.807) is 12.0 Å². The number of β-amino-alcohol motifs (C(OH)–C–C–N with tert-alkyl or cyclic N) is 1. The molecule has 1 aliphatic carbocycles. The number of ether oxygens (including phenoxy) is 1. The average Bonchev–Trinajstić information content (AvgIpc) is 2.37. The van der Waals surface area contributed by atoms with Gasteiger partial charge in [0.25, 0.3) is 0 Å². The summed E-state index contributed by atoms with van der Waals surface area (Å²) in [5, 5.41) is 12.7. The number of hydrogen-bond donors (Lipinski definition) is 2. The molecule has 0 aromatic carbocycles. The topological polar surface area (TPSA) is 61.8 Å². The Bertz CT molecular complexity index is 359. The summed E-state index contributed by atoms with van der Waals surface area (Å²) in [6.45, 7) is 7.50. The van der Waals surface area contributed by atoms with Gasteiger partial charge < -0.3 is 20.1 Å². The highest BCUT2D eigenvalue weighted by atomic mass is 16.5. The van der Waals surface area contributed by atoms with E-state index in [1.807, 2.05) is 0 Å². The zero-order chi connectivity index (χ0) is 14.3. The quantitative estimate of drug-likeness (QED) is 0.796. The van der Waals surface area contributed by atoms with E-state index in [4.69, 9.17) is 4.74 Å². The third kappa shape index (κ3) is 2.46. The molecule has 5 heteroatoms. The molecule has 0 radical (unpaired) electrons. The highest BCUT2D eigenvalue weighted by molar-refractivity contribution is 5.75. The third-order valence-corrected chi connectivity index (χ3v) is 5.26. The van der Waals surface area contributed by atoms with Crippen LogP contribution in [0, 0.1) is 5.41 Å². The summed E-state index contributed by atoms with van der Waals surface area (Å²) in [5.41, 5.74) is -0.252. The second kappa shape index (κ2) is 4.94. The molecule has 1 aliphatic heterocycles. The van der Waals surface area contributed by atoms with E-state index < -0.39 is 0 Å². The monoisotopic (exact) mass is 270 g/mol. The molecular formula is C14H26N2O3. The van der Waals surface area contributed by atoms with Gasteiger partial charge >= 0.3 is 6.03 Å². The number of amides is 2. The Morgan fingerprint density at radius 1 is 1.42 bits per heavy atom. The Kier molecular flexibility index (Phi) is 3.80. The van der Waals surface area contributed by atoms with E-state index in [0.717, 1.165) is 25.8 Å². The Balaban J connectivity index is 1.91. The molecule has 110 valence electrons. The SMILES string of the molecule is COC1(C)CC(NC(=O)N2CCCC(O)C2)C1(C)C. The predicted octanol–water partition coefficient (Wildman–Crippen LogP) is 1.36. The van der Waals surface area contributed by atoms with Crippen molar-refractivity contribution in [3.8, 4) is 0 Å². The summed E-state index contributed by atoms with van der Waals surface area (Å²) in [6, 6.07) is 0.0685. The van der Waals surface area contributed by atoms with Gasteiger partial charge in [0.15, 0.2) is 0 Å². The molecule has 0 bridgehead atoms. The molecule has 2 aliphatic rings. The lowest BCUT2D eigenvalue weighted by molar-refractivity contribution is -0.178. The molecule has 2 fully saturated rings. The fourth-order valence-electron chi connectivity index (χ4n) is 3.10. The number of carbonyl (C=O) groups excluding carboxylic acids is 1. The lowest BCUT2D eigenvalue weighted by Crippen LogP contribution is -2.69. The molecule has 3 atom stereocenters. The van der Waals surface area contributed by atoms with Crippen LogP contribution in [-0.4, -0.2) is 54.0 Å². The molecule has 2 rings (SSSR count). The van der Waals surface area contributed by atoms with Crippen molar-refractivity contribution in [1.29, 1.82) is 0 Å². The van der Waals surface area contributed by atoms with Crippen LogP contribution in [0.25, 0.3) is 0 Å². The second-order valence-corrected chi connectivity index (χ2v) is 6.60. The van der Waals surface area contributed by atoms with Gasteiger partial charge in [-0.2, -0.15) is 0 Å². The van der Waals surface area contributed by atoms with Crippen LogP contribution in [0.4, 0.5) is 4.79 Å². The lowest BCUT2D eigenvalue weighted by Gasteiger charge is -2.59. The van der Waals surface area contributed by atoms with Gasteiger partial charge in [-0.15, -0.1) is 0 Å². The minimum absolute atomic E-state index is 0.0602. The van der Waals surface area contributed by atoms with E-state index in [0.29, 0.717) is 6.54 Å². The van der Waals surface area contributed by atoms with Crippen molar-refractivity contribution in [3.63, 3.8) is 0 Å². The summed E-state index contributed by atoms with van der Waals surface area (Å²) >= 11 is 0. The van der Waals surface area contributed by atoms with E-state index in [9.17, 15) is 9.90 Å². The number of nitrogens with zero attached hydrogens (tertiary/aromatic N) is 1. The van der Waals surface area contributed by atoms with Crippen LogP contribution in [0.15, 0.2) is 0 Å². The van der Waals surface area contributed by atoms with Crippen LogP contribution >= 0.6 is 0 Å². The molecule has 1 saturated heterocycles. The van der Waals surface area contributed by atoms with Gasteiger partial charge in [-0.3, -0.25) is 0 Å². The number of nitrogens with one attached hydrogen (secondary N) is 1. The van der Waals surface area contributed by atoms with Crippen molar-refractivity contribution >= 4 is 6.03 Å². The van der Waals surface area contributed by atoms with Gasteiger partial charge in [0, 0.05) is 31.7 Å². The molecule has 0 aromatic rings. The van der Waals surface area contributed by atoms with Gasteiger partial charge in [0.05, 0.1) is 11.7 Å². The highest BCUT2D eigenvalue weighted by Crippen LogP contribution is 2.51. The number of aliphatic hydroxyl groups is 1. The van der Waals surface area contributed by atoms with Gasteiger partial charge in [-0.1, -0.05) is 13.8 Å². The minimum atomic E-state index is -0.377. The van der Waals surface area contributed by atoms with Crippen LogP contribution in [0.1, 0.15) is 40.0 Å². The zero-order valence-corrected chi connectivity index (χ0v) is 12.4. The molecule has 0 aromatic heterocycles. The predicted molar refractivity (Wildman–Crippen MR) is 72.9 cm³/mol. The molecule has 0 spiro atoms. The van der Waals surface area contributed by atoms with Crippen LogP contribution in [0.2, 0.25) is 0 Å². The normalized spacial score (nSPS) is 37.6. The first-order valence-corrected chi connectivity index (χ1v) is 7.09. The van der Waals surface area contributed by atoms with Crippen molar-refractivity contribution < 1.29 is 14.6 Å². The van der Waals surface area contributed by atoms with Crippen LogP contribution in [0.3, 0.4) is 0 Å². The number of urea groups is 1. The Hall–Kier alpha value is -0.810. The van der Waals surface area contributed by atoms with E-state index >= 15 is 0 Å². The van der Waals surface area contributed by atoms with Crippen molar-refractivity contribution in [3.05, 3.63) is 0 Å². The molecule has 2 N–H and O–H groups in total. The van der Waals surface area contributed by atoms with Crippen LogP contribution in [0.5, 0.6) is 0 Å². The van der Waals surface area contributed by atoms with Gasteiger partial charge in [0.1, 0.15) is 0 Å². The molecule has 1 heterocycles. The number of methoxy groups -OCH3 is 1. The molecule has 3 unspecified atom stereocenters. The summed E-state index contributed by atoms with van der Waals surface area (Å²) in [5.74, 6) is 0. The molecule has 5 nitrogen and oxygen atoms in total. The van der Waals surface area contributed by atoms with Crippen molar-refractivity contribution in [1.82, 2.24) is 10.2 Å². The summed E-state index contributed by atoms with van der Waals surface area (Å²) in [6.07, 6.45) is 2.12. The fourth-order valence-corrected chi connectivity index (χ4v) is 3.10. The number of likely N-dealkylation sites (tertiary alicyclic amines) is 1. The molecular weight excluding hydrogens is 244 g/mol. The Morgan fingerprint density at radius 3 is 2.63 bits per heavy atom. The van der Waals surface area contributed by atoms with E-state index in [2.05, 4.69) is 26.1 Å². The number of rotatable bonds is 2. The smallest absolute Gasteiger partial charge is 0.317 e.